The van der Waals surface area contributed by atoms with E-state index in [1.165, 1.54) is 0 Å². The summed E-state index contributed by atoms with van der Waals surface area (Å²) >= 11 is 0. The van der Waals surface area contributed by atoms with Gasteiger partial charge >= 0.3 is 6.09 Å². The number of nitrogens with one attached hydrogen (secondary N) is 1. The first-order chi connectivity index (χ1) is 6.62. The summed E-state index contributed by atoms with van der Waals surface area (Å²) < 4.78 is 5.11. The Morgan fingerprint density at radius 2 is 2.21 bits per heavy atom. The molecule has 3 N–H and O–H groups in total. The molecule has 0 unspecified atom stereocenters. The van der Waals surface area contributed by atoms with Gasteiger partial charge in [-0.05, 0) is 0 Å². The number of carboxylic acid groups (broad SMARTS) is 1. The van der Waals surface area contributed by atoms with Crippen LogP contribution in [-0.2, 0) is 4.74 Å². The average molecular weight is 202 g/mol. The Balaban J connectivity index is 1.86. The third-order valence-electron chi connectivity index (χ3n) is 2.84. The Bertz CT molecular complexity index is 235. The van der Waals surface area contributed by atoms with Crippen molar-refractivity contribution in [1.82, 2.24) is 10.2 Å². The van der Waals surface area contributed by atoms with Crippen molar-refractivity contribution >= 4 is 6.09 Å². The third-order valence-corrected chi connectivity index (χ3v) is 2.84. The van der Waals surface area contributed by atoms with E-state index in [0.29, 0.717) is 32.8 Å². The highest BCUT2D eigenvalue weighted by Gasteiger charge is 2.48. The molecule has 80 valence electrons. The van der Waals surface area contributed by atoms with E-state index >= 15 is 0 Å². The predicted octanol–water partition coefficient (Wildman–Crippen LogP) is -1.30. The maximum Gasteiger partial charge on any atom is 0.404 e. The van der Waals surface area contributed by atoms with Gasteiger partial charge in [-0.2, -0.15) is 0 Å². The van der Waals surface area contributed by atoms with Gasteiger partial charge in [0.15, 0.2) is 0 Å². The lowest BCUT2D eigenvalue weighted by Crippen LogP contribution is -2.73. The molecule has 2 aliphatic heterocycles. The Hall–Kier alpha value is -0.850. The Kier molecular flexibility index (Phi) is 2.34. The van der Waals surface area contributed by atoms with Gasteiger partial charge in [0.1, 0.15) is 0 Å². The molecule has 0 aromatic heterocycles. The van der Waals surface area contributed by atoms with Crippen molar-refractivity contribution in [2.24, 2.45) is 0 Å². The van der Waals surface area contributed by atoms with Crippen molar-refractivity contribution in [3.8, 4) is 0 Å². The first-order valence-electron chi connectivity index (χ1n) is 4.60. The lowest BCUT2D eigenvalue weighted by Gasteiger charge is -2.54. The minimum Gasteiger partial charge on any atom is -0.465 e. The number of rotatable bonds is 3. The number of ether oxygens (including phenoxy) is 1. The second-order valence-corrected chi connectivity index (χ2v) is 3.93. The molecular weight excluding hydrogens is 188 g/mol. The van der Waals surface area contributed by atoms with E-state index in [4.69, 9.17) is 14.9 Å². The van der Waals surface area contributed by atoms with Crippen LogP contribution in [0.3, 0.4) is 0 Å². The monoisotopic (exact) mass is 202 g/mol. The van der Waals surface area contributed by atoms with Crippen LogP contribution in [0.15, 0.2) is 0 Å². The minimum absolute atomic E-state index is 0.211. The molecule has 2 rings (SSSR count). The highest BCUT2D eigenvalue weighted by atomic mass is 16.5. The number of aliphatic hydroxyl groups is 1. The maximum absolute atomic E-state index is 10.4. The molecule has 6 nitrogen and oxygen atoms in total. The second kappa shape index (κ2) is 3.38. The fraction of sp³-hybridized carbons (Fsp3) is 0.875. The SMILES string of the molecule is O=C(O)NCC1(N2CC(O)C2)COC1. The van der Waals surface area contributed by atoms with Crippen LogP contribution in [0, 0.1) is 0 Å². The summed E-state index contributed by atoms with van der Waals surface area (Å²) in [6, 6.07) is 0. The number of aliphatic hydroxyl groups excluding tert-OH is 1. The Morgan fingerprint density at radius 3 is 2.57 bits per heavy atom. The quantitative estimate of drug-likeness (QED) is 0.530. The number of hydrogen-bond donors (Lipinski definition) is 3. The number of likely N-dealkylation sites (tertiary alicyclic amines) is 1. The molecule has 6 heteroatoms. The second-order valence-electron chi connectivity index (χ2n) is 3.93. The van der Waals surface area contributed by atoms with Gasteiger partial charge in [-0.25, -0.2) is 4.79 Å². The van der Waals surface area contributed by atoms with Gasteiger partial charge in [-0.1, -0.05) is 0 Å². The van der Waals surface area contributed by atoms with Crippen LogP contribution in [0.2, 0.25) is 0 Å². The van der Waals surface area contributed by atoms with Crippen LogP contribution < -0.4 is 5.32 Å². The van der Waals surface area contributed by atoms with Crippen molar-refractivity contribution < 1.29 is 19.7 Å². The Morgan fingerprint density at radius 1 is 1.57 bits per heavy atom. The normalized spacial score (nSPS) is 26.4. The number of hydrogen-bond acceptors (Lipinski definition) is 4. The molecule has 14 heavy (non-hydrogen) atoms. The topological polar surface area (TPSA) is 82.0 Å². The zero-order valence-electron chi connectivity index (χ0n) is 7.77. The van der Waals surface area contributed by atoms with Crippen molar-refractivity contribution in [3.63, 3.8) is 0 Å². The van der Waals surface area contributed by atoms with Gasteiger partial charge in [0.25, 0.3) is 0 Å². The fourth-order valence-corrected chi connectivity index (χ4v) is 1.82. The van der Waals surface area contributed by atoms with Crippen LogP contribution >= 0.6 is 0 Å². The molecule has 2 aliphatic rings. The number of carbonyl (C=O) groups is 1. The molecule has 0 aliphatic carbocycles. The molecule has 2 fully saturated rings. The molecular formula is C8H14N2O4. The van der Waals surface area contributed by atoms with Crippen LogP contribution in [0.4, 0.5) is 4.79 Å². The predicted molar refractivity (Wildman–Crippen MR) is 47.2 cm³/mol. The number of β-amino-alcohol motifs (C(OH)–C–C–N with tert-alkyl or cyclic N) is 1. The summed E-state index contributed by atoms with van der Waals surface area (Å²) in [5.41, 5.74) is -0.211. The summed E-state index contributed by atoms with van der Waals surface area (Å²) in [6.45, 7) is 2.68. The molecule has 0 atom stereocenters. The molecule has 2 heterocycles. The van der Waals surface area contributed by atoms with Crippen LogP contribution in [0.5, 0.6) is 0 Å². The average Bonchev–Trinajstić information content (AvgIpc) is 1.98. The highest BCUT2D eigenvalue weighted by Crippen LogP contribution is 2.29. The fourth-order valence-electron chi connectivity index (χ4n) is 1.82. The van der Waals surface area contributed by atoms with Crippen LogP contribution in [-0.4, -0.2) is 65.7 Å². The van der Waals surface area contributed by atoms with Crippen molar-refractivity contribution in [2.45, 2.75) is 11.6 Å². The van der Waals surface area contributed by atoms with Gasteiger partial charge in [0, 0.05) is 19.6 Å². The standard InChI is InChI=1S/C8H14N2O4/c11-6-1-10(2-6)8(4-14-5-8)3-9-7(12)13/h6,9,11H,1-5H2,(H,12,13). The summed E-state index contributed by atoms with van der Waals surface area (Å²) in [7, 11) is 0. The molecule has 1 amide bonds. The maximum atomic E-state index is 10.4. The number of nitrogens with zero attached hydrogens (tertiary/aromatic N) is 1. The van der Waals surface area contributed by atoms with Gasteiger partial charge in [0.05, 0.1) is 24.9 Å². The highest BCUT2D eigenvalue weighted by molar-refractivity contribution is 5.64. The molecule has 0 aromatic rings. The van der Waals surface area contributed by atoms with Crippen LogP contribution in [0.25, 0.3) is 0 Å². The van der Waals surface area contributed by atoms with Gasteiger partial charge in [-0.15, -0.1) is 0 Å². The smallest absolute Gasteiger partial charge is 0.404 e. The van der Waals surface area contributed by atoms with Crippen LogP contribution in [0.1, 0.15) is 0 Å². The molecule has 0 bridgehead atoms. The van der Waals surface area contributed by atoms with E-state index < -0.39 is 6.09 Å². The van der Waals surface area contributed by atoms with E-state index in [-0.39, 0.29) is 11.6 Å². The van der Waals surface area contributed by atoms with E-state index in [1.54, 1.807) is 0 Å². The zero-order chi connectivity index (χ0) is 10.2. The van der Waals surface area contributed by atoms with Gasteiger partial charge in [0.2, 0.25) is 0 Å². The van der Waals surface area contributed by atoms with E-state index in [0.717, 1.165) is 0 Å². The third kappa shape index (κ3) is 1.56. The minimum atomic E-state index is -1.02. The molecule has 2 saturated heterocycles. The van der Waals surface area contributed by atoms with E-state index in [1.807, 2.05) is 0 Å². The van der Waals surface area contributed by atoms with Crippen molar-refractivity contribution in [2.75, 3.05) is 32.8 Å². The molecule has 0 saturated carbocycles. The van der Waals surface area contributed by atoms with Gasteiger partial charge in [-0.3, -0.25) is 4.90 Å². The van der Waals surface area contributed by atoms with Crippen molar-refractivity contribution in [1.29, 1.82) is 0 Å². The largest absolute Gasteiger partial charge is 0.465 e. The van der Waals surface area contributed by atoms with Crippen molar-refractivity contribution in [3.05, 3.63) is 0 Å². The zero-order valence-corrected chi connectivity index (χ0v) is 7.77. The first-order valence-corrected chi connectivity index (χ1v) is 4.60. The summed E-state index contributed by atoms with van der Waals surface area (Å²) in [4.78, 5) is 12.4. The lowest BCUT2D eigenvalue weighted by molar-refractivity contribution is -0.182. The first kappa shape index (κ1) is 9.70. The Labute approximate surface area is 81.5 Å². The van der Waals surface area contributed by atoms with Gasteiger partial charge < -0.3 is 20.3 Å². The summed E-state index contributed by atoms with van der Waals surface area (Å²) in [5.74, 6) is 0. The molecule has 0 aromatic carbocycles. The molecule has 0 spiro atoms. The lowest BCUT2D eigenvalue weighted by atomic mass is 9.90. The summed E-state index contributed by atoms with van der Waals surface area (Å²) in [6.07, 6.45) is -1.28. The molecule has 0 radical (unpaired) electrons. The van der Waals surface area contributed by atoms with E-state index in [9.17, 15) is 4.79 Å². The summed E-state index contributed by atoms with van der Waals surface area (Å²) in [5, 5.41) is 20.0. The number of amides is 1. The van der Waals surface area contributed by atoms with E-state index in [2.05, 4.69) is 10.2 Å².